The lowest BCUT2D eigenvalue weighted by atomic mass is 9.79. The molecule has 4 N–H and O–H groups in total. The smallest absolute Gasteiger partial charge is 0.423 e. The van der Waals surface area contributed by atoms with E-state index >= 15 is 0 Å². The Morgan fingerprint density at radius 1 is 1.09 bits per heavy atom. The molecule has 4 aromatic rings. The lowest BCUT2D eigenvalue weighted by molar-refractivity contribution is 0.426. The minimum Gasteiger partial charge on any atom is -0.423 e. The highest BCUT2D eigenvalue weighted by molar-refractivity contribution is 6.61. The SMILES string of the molecule is Cc1[nH]c2c(B(O)O)cccc2c1-c1nc(NCc2ccccc2)c2c(n1)N(C)CCC2. The third kappa shape index (κ3) is 3.61. The first-order valence-electron chi connectivity index (χ1n) is 10.9. The number of anilines is 2. The molecule has 0 fully saturated rings. The molecule has 0 saturated carbocycles. The first-order valence-corrected chi connectivity index (χ1v) is 10.9. The van der Waals surface area contributed by atoms with Gasteiger partial charge in [0.1, 0.15) is 11.6 Å². The maximum absolute atomic E-state index is 9.80. The van der Waals surface area contributed by atoms with Crippen LogP contribution in [0.25, 0.3) is 22.3 Å². The van der Waals surface area contributed by atoms with Gasteiger partial charge in [0.05, 0.1) is 0 Å². The van der Waals surface area contributed by atoms with Crippen molar-refractivity contribution in [1.82, 2.24) is 15.0 Å². The Morgan fingerprint density at radius 2 is 1.91 bits per heavy atom. The number of rotatable bonds is 5. The second-order valence-electron chi connectivity index (χ2n) is 8.33. The summed E-state index contributed by atoms with van der Waals surface area (Å²) in [5.74, 6) is 2.43. The molecule has 1 aliphatic heterocycles. The first kappa shape index (κ1) is 20.5. The molecule has 0 saturated heterocycles. The maximum atomic E-state index is 9.80. The Kier molecular flexibility index (Phi) is 5.32. The fraction of sp³-hybridized carbons (Fsp3) is 0.250. The van der Waals surface area contributed by atoms with Gasteiger partial charge < -0.3 is 25.2 Å². The van der Waals surface area contributed by atoms with Crippen molar-refractivity contribution >= 4 is 35.1 Å². The molecule has 0 radical (unpaired) electrons. The molecule has 5 rings (SSSR count). The zero-order chi connectivity index (χ0) is 22.2. The van der Waals surface area contributed by atoms with E-state index < -0.39 is 7.12 Å². The number of H-pyrrole nitrogens is 1. The normalized spacial score (nSPS) is 13.3. The summed E-state index contributed by atoms with van der Waals surface area (Å²) >= 11 is 0. The van der Waals surface area contributed by atoms with Gasteiger partial charge in [0.15, 0.2) is 5.82 Å². The number of hydrogen-bond acceptors (Lipinski definition) is 6. The highest BCUT2D eigenvalue weighted by Crippen LogP contribution is 2.35. The van der Waals surface area contributed by atoms with Crippen LogP contribution in [-0.4, -0.2) is 45.7 Å². The second-order valence-corrected chi connectivity index (χ2v) is 8.33. The van der Waals surface area contributed by atoms with Crippen molar-refractivity contribution in [3.63, 3.8) is 0 Å². The number of hydrogen-bond donors (Lipinski definition) is 4. The summed E-state index contributed by atoms with van der Waals surface area (Å²) in [6.07, 6.45) is 2.00. The molecule has 0 atom stereocenters. The summed E-state index contributed by atoms with van der Waals surface area (Å²) in [4.78, 5) is 15.4. The van der Waals surface area contributed by atoms with Crippen LogP contribution in [-0.2, 0) is 13.0 Å². The quantitative estimate of drug-likeness (QED) is 0.366. The van der Waals surface area contributed by atoms with E-state index in [-0.39, 0.29) is 0 Å². The minimum absolute atomic E-state index is 0.439. The van der Waals surface area contributed by atoms with Gasteiger partial charge in [-0.2, -0.15) is 0 Å². The first-order chi connectivity index (χ1) is 15.5. The molecular weight excluding hydrogens is 401 g/mol. The molecule has 0 bridgehead atoms. The molecule has 7 nitrogen and oxygen atoms in total. The predicted molar refractivity (Wildman–Crippen MR) is 129 cm³/mol. The van der Waals surface area contributed by atoms with Gasteiger partial charge in [0, 0.05) is 53.3 Å². The summed E-state index contributed by atoms with van der Waals surface area (Å²) in [6.45, 7) is 3.60. The largest absolute Gasteiger partial charge is 0.490 e. The maximum Gasteiger partial charge on any atom is 0.490 e. The topological polar surface area (TPSA) is 97.3 Å². The highest BCUT2D eigenvalue weighted by atomic mass is 16.4. The third-order valence-electron chi connectivity index (χ3n) is 6.13. The van der Waals surface area contributed by atoms with E-state index in [9.17, 15) is 10.0 Å². The average molecular weight is 427 g/mol. The molecule has 3 heterocycles. The summed E-state index contributed by atoms with van der Waals surface area (Å²) in [5, 5.41) is 24.0. The van der Waals surface area contributed by atoms with Crippen molar-refractivity contribution in [2.45, 2.75) is 26.3 Å². The van der Waals surface area contributed by atoms with E-state index in [1.807, 2.05) is 37.3 Å². The van der Waals surface area contributed by atoms with Crippen molar-refractivity contribution < 1.29 is 10.0 Å². The molecule has 8 heteroatoms. The van der Waals surface area contributed by atoms with Crippen LogP contribution in [0.5, 0.6) is 0 Å². The number of nitrogens with zero attached hydrogens (tertiary/aromatic N) is 3. The Balaban J connectivity index is 1.64. The predicted octanol–water partition coefficient (Wildman–Crippen LogP) is 2.61. The Bertz CT molecular complexity index is 1270. The molecule has 0 spiro atoms. The minimum atomic E-state index is -1.55. The molecule has 2 aromatic carbocycles. The highest BCUT2D eigenvalue weighted by Gasteiger charge is 2.25. The standard InChI is InChI=1S/C24H26BN5O2/c1-15-20(17-10-6-12-19(25(31)32)21(17)27-15)23-28-22(26-14-16-8-4-3-5-9-16)18-11-7-13-30(2)24(18)29-23/h3-6,8-10,12,27,31-32H,7,11,13-14H2,1-2H3,(H,26,28,29). The lowest BCUT2D eigenvalue weighted by Crippen LogP contribution is -2.30. The van der Waals surface area contributed by atoms with Crippen LogP contribution in [0.3, 0.4) is 0 Å². The zero-order valence-electron chi connectivity index (χ0n) is 18.3. The Morgan fingerprint density at radius 3 is 2.69 bits per heavy atom. The van der Waals surface area contributed by atoms with Crippen LogP contribution in [0.1, 0.15) is 23.2 Å². The summed E-state index contributed by atoms with van der Waals surface area (Å²) < 4.78 is 0. The molecular formula is C24H26BN5O2. The van der Waals surface area contributed by atoms with Gasteiger partial charge in [-0.15, -0.1) is 0 Å². The second kappa shape index (κ2) is 8.29. The van der Waals surface area contributed by atoms with Gasteiger partial charge in [0.2, 0.25) is 0 Å². The van der Waals surface area contributed by atoms with Gasteiger partial charge >= 0.3 is 7.12 Å². The number of para-hydroxylation sites is 1. The number of benzene rings is 2. The lowest BCUT2D eigenvalue weighted by Gasteiger charge is -2.28. The number of fused-ring (bicyclic) bond motifs is 2. The number of aromatic amines is 1. The molecule has 2 aromatic heterocycles. The molecule has 0 amide bonds. The van der Waals surface area contributed by atoms with Crippen LogP contribution in [0.4, 0.5) is 11.6 Å². The third-order valence-corrected chi connectivity index (χ3v) is 6.13. The van der Waals surface area contributed by atoms with Gasteiger partial charge in [-0.1, -0.05) is 48.5 Å². The van der Waals surface area contributed by atoms with E-state index in [1.165, 1.54) is 5.56 Å². The van der Waals surface area contributed by atoms with Gasteiger partial charge in [-0.25, -0.2) is 9.97 Å². The van der Waals surface area contributed by atoms with Crippen molar-refractivity contribution in [2.75, 3.05) is 23.8 Å². The summed E-state index contributed by atoms with van der Waals surface area (Å²) in [6, 6.07) is 15.8. The fourth-order valence-corrected chi connectivity index (χ4v) is 4.53. The van der Waals surface area contributed by atoms with E-state index in [1.54, 1.807) is 6.07 Å². The molecule has 1 aliphatic rings. The van der Waals surface area contributed by atoms with Crippen molar-refractivity contribution in [3.05, 3.63) is 65.4 Å². The molecule has 32 heavy (non-hydrogen) atoms. The van der Waals surface area contributed by atoms with E-state index in [0.717, 1.165) is 53.2 Å². The number of nitrogens with one attached hydrogen (secondary N) is 2. The number of aryl methyl sites for hydroxylation is 1. The van der Waals surface area contributed by atoms with Crippen LogP contribution in [0.2, 0.25) is 0 Å². The van der Waals surface area contributed by atoms with Crippen LogP contribution in [0, 0.1) is 6.92 Å². The molecule has 0 unspecified atom stereocenters. The Labute approximate surface area is 187 Å². The van der Waals surface area contributed by atoms with E-state index in [0.29, 0.717) is 23.3 Å². The summed E-state index contributed by atoms with van der Waals surface area (Å²) in [5.41, 5.74) is 5.24. The van der Waals surface area contributed by atoms with Gasteiger partial charge in [-0.3, -0.25) is 0 Å². The zero-order valence-corrected chi connectivity index (χ0v) is 18.3. The molecule has 162 valence electrons. The number of aromatic nitrogens is 3. The summed E-state index contributed by atoms with van der Waals surface area (Å²) in [7, 11) is 0.515. The van der Waals surface area contributed by atoms with Gasteiger partial charge in [-0.05, 0) is 25.3 Å². The molecule has 0 aliphatic carbocycles. The fourth-order valence-electron chi connectivity index (χ4n) is 4.53. The van der Waals surface area contributed by atoms with Crippen LogP contribution >= 0.6 is 0 Å². The van der Waals surface area contributed by atoms with Crippen molar-refractivity contribution in [2.24, 2.45) is 0 Å². The van der Waals surface area contributed by atoms with Gasteiger partial charge in [0.25, 0.3) is 0 Å². The van der Waals surface area contributed by atoms with E-state index in [4.69, 9.17) is 9.97 Å². The van der Waals surface area contributed by atoms with Crippen molar-refractivity contribution in [1.29, 1.82) is 0 Å². The van der Waals surface area contributed by atoms with Crippen LogP contribution in [0.15, 0.2) is 48.5 Å². The van der Waals surface area contributed by atoms with E-state index in [2.05, 4.69) is 34.4 Å². The van der Waals surface area contributed by atoms with Crippen LogP contribution < -0.4 is 15.7 Å². The van der Waals surface area contributed by atoms with Crippen molar-refractivity contribution in [3.8, 4) is 11.4 Å². The Hall–Kier alpha value is -3.36. The monoisotopic (exact) mass is 427 g/mol. The average Bonchev–Trinajstić information content (AvgIpc) is 3.14.